The smallest absolute Gasteiger partial charge is 0.213 e. The number of morpholine rings is 1. The maximum Gasteiger partial charge on any atom is 0.213 e. The molecule has 0 N–H and O–H groups in total. The van der Waals surface area contributed by atoms with Crippen molar-refractivity contribution in [1.82, 2.24) is 24.1 Å². The van der Waals surface area contributed by atoms with Crippen molar-refractivity contribution in [2.75, 3.05) is 46.1 Å². The average molecular weight is 446 g/mol. The number of thiophene rings is 1. The Balaban J connectivity index is 1.80. The third-order valence-electron chi connectivity index (χ3n) is 5.22. The van der Waals surface area contributed by atoms with E-state index in [1.807, 2.05) is 13.1 Å². The zero-order valence-corrected chi connectivity index (χ0v) is 18.3. The number of nitrogens with zero attached hydrogens (tertiary/aromatic N) is 5. The zero-order chi connectivity index (χ0) is 19.9. The molecule has 11 heteroatoms. The zero-order valence-electron chi connectivity index (χ0n) is 15.9. The highest BCUT2D eigenvalue weighted by molar-refractivity contribution is 7.88. The van der Waals surface area contributed by atoms with Crippen LogP contribution in [0.15, 0.2) is 18.6 Å². The number of hydrogen-bond acceptors (Lipinski definition) is 8. The van der Waals surface area contributed by atoms with Gasteiger partial charge >= 0.3 is 0 Å². The fraction of sp³-hybridized carbons (Fsp3) is 0.647. The van der Waals surface area contributed by atoms with Crippen LogP contribution in [0.25, 0.3) is 10.2 Å². The summed E-state index contributed by atoms with van der Waals surface area (Å²) in [7, 11) is -1.45. The highest BCUT2D eigenvalue weighted by Crippen LogP contribution is 2.38. The minimum atomic E-state index is -3.47. The highest BCUT2D eigenvalue weighted by atomic mass is 35.5. The minimum absolute atomic E-state index is 0.0853. The quantitative estimate of drug-likeness (QED) is 0.646. The van der Waals surface area contributed by atoms with E-state index in [9.17, 15) is 8.42 Å². The average Bonchev–Trinajstić information content (AvgIpc) is 3.24. The van der Waals surface area contributed by atoms with Crippen LogP contribution < -0.4 is 0 Å². The van der Waals surface area contributed by atoms with Crippen LogP contribution in [0.3, 0.4) is 0 Å². The number of halogens is 1. The molecule has 2 aromatic heterocycles. The maximum absolute atomic E-state index is 13.0. The van der Waals surface area contributed by atoms with Crippen LogP contribution in [0.2, 0.25) is 0 Å². The van der Waals surface area contributed by atoms with Crippen LogP contribution in [-0.4, -0.2) is 90.2 Å². The summed E-state index contributed by atoms with van der Waals surface area (Å²) in [5.74, 6) is 0. The molecule has 8 nitrogen and oxygen atoms in total. The predicted molar refractivity (Wildman–Crippen MR) is 110 cm³/mol. The molecule has 3 unspecified atom stereocenters. The lowest BCUT2D eigenvalue weighted by Gasteiger charge is -2.43. The molecule has 2 aliphatic rings. The lowest BCUT2D eigenvalue weighted by Crippen LogP contribution is -2.53. The molecule has 2 aliphatic heterocycles. The summed E-state index contributed by atoms with van der Waals surface area (Å²) in [5.41, 5.74) is 0.366. The molecule has 0 amide bonds. The Morgan fingerprint density at radius 3 is 2.86 bits per heavy atom. The lowest BCUT2D eigenvalue weighted by atomic mass is 10.2. The van der Waals surface area contributed by atoms with Gasteiger partial charge in [-0.05, 0) is 26.1 Å². The number of ether oxygens (including phenoxy) is 1. The Morgan fingerprint density at radius 1 is 1.39 bits per heavy atom. The van der Waals surface area contributed by atoms with Gasteiger partial charge in [-0.15, -0.1) is 11.3 Å². The van der Waals surface area contributed by atoms with E-state index in [1.54, 1.807) is 10.5 Å². The Morgan fingerprint density at radius 2 is 2.21 bits per heavy atom. The van der Waals surface area contributed by atoms with E-state index in [0.29, 0.717) is 26.2 Å². The first-order valence-electron chi connectivity index (χ1n) is 9.19. The monoisotopic (exact) mass is 445 g/mol. The maximum atomic E-state index is 13.0. The van der Waals surface area contributed by atoms with Gasteiger partial charge in [0.2, 0.25) is 10.0 Å². The molecule has 28 heavy (non-hydrogen) atoms. The van der Waals surface area contributed by atoms with Crippen LogP contribution >= 0.6 is 22.9 Å². The molecule has 2 fully saturated rings. The van der Waals surface area contributed by atoms with Crippen molar-refractivity contribution in [3.63, 3.8) is 0 Å². The fourth-order valence-corrected chi connectivity index (χ4v) is 6.80. The van der Waals surface area contributed by atoms with E-state index in [2.05, 4.69) is 19.8 Å². The molecular weight excluding hydrogens is 422 g/mol. The van der Waals surface area contributed by atoms with Crippen LogP contribution in [0.5, 0.6) is 0 Å². The summed E-state index contributed by atoms with van der Waals surface area (Å²) in [6, 6.07) is 1.89. The first kappa shape index (κ1) is 20.4. The number of hydrogen-bond donors (Lipinski definition) is 0. The molecule has 0 saturated carbocycles. The number of aromatic nitrogens is 2. The second kappa shape index (κ2) is 8.10. The van der Waals surface area contributed by atoms with Gasteiger partial charge in [0.1, 0.15) is 18.1 Å². The van der Waals surface area contributed by atoms with Gasteiger partial charge in [-0.2, -0.15) is 4.31 Å². The molecular formula is C17H24ClN5O3S2. The van der Waals surface area contributed by atoms with E-state index < -0.39 is 21.8 Å². The number of likely N-dealkylation sites (N-methyl/N-ethyl adjacent to an activating group) is 1. The van der Waals surface area contributed by atoms with Crippen LogP contribution in [0.1, 0.15) is 17.5 Å². The molecule has 154 valence electrons. The van der Waals surface area contributed by atoms with Crippen molar-refractivity contribution in [2.24, 2.45) is 0 Å². The van der Waals surface area contributed by atoms with E-state index in [4.69, 9.17) is 16.3 Å². The van der Waals surface area contributed by atoms with Gasteiger partial charge < -0.3 is 9.64 Å². The first-order valence-corrected chi connectivity index (χ1v) is 12.3. The van der Waals surface area contributed by atoms with Crippen LogP contribution in [0.4, 0.5) is 0 Å². The SMILES string of the molecule is CN1CCC(N(C(c2cc3ncncc3s2)N2CCOC(Cl)C2)S(C)(=O)=O)C1. The number of sulfonamides is 1. The van der Waals surface area contributed by atoms with Gasteiger partial charge in [-0.25, -0.2) is 18.4 Å². The Kier molecular flexibility index (Phi) is 5.90. The summed E-state index contributed by atoms with van der Waals surface area (Å²) in [4.78, 5) is 13.6. The van der Waals surface area contributed by atoms with Crippen LogP contribution in [-0.2, 0) is 14.8 Å². The largest absolute Gasteiger partial charge is 0.360 e. The van der Waals surface area contributed by atoms with Gasteiger partial charge in [-0.3, -0.25) is 4.90 Å². The third-order valence-corrected chi connectivity index (χ3v) is 7.85. The standard InChI is InChI=1S/C17H24ClN5O3S2/c1-21-4-3-12(9-21)23(28(2,24)25)17(22-5-6-26-16(18)10-22)14-7-13-15(27-14)8-19-11-20-13/h7-8,11-12,16-17H,3-6,9-10H2,1-2H3. The van der Waals surface area contributed by atoms with Crippen molar-refractivity contribution >= 4 is 43.2 Å². The van der Waals surface area contributed by atoms with Gasteiger partial charge in [0, 0.05) is 36.8 Å². The van der Waals surface area contributed by atoms with E-state index in [0.717, 1.165) is 28.1 Å². The molecule has 0 spiro atoms. The molecule has 0 radical (unpaired) electrons. The first-order chi connectivity index (χ1) is 13.3. The van der Waals surface area contributed by atoms with Crippen LogP contribution in [0, 0.1) is 0 Å². The van der Waals surface area contributed by atoms with Crippen molar-refractivity contribution in [1.29, 1.82) is 0 Å². The summed E-state index contributed by atoms with van der Waals surface area (Å²) < 4.78 is 34.0. The molecule has 2 aromatic rings. The molecule has 2 saturated heterocycles. The van der Waals surface area contributed by atoms with E-state index >= 15 is 0 Å². The normalized spacial score (nSPS) is 26.3. The lowest BCUT2D eigenvalue weighted by molar-refractivity contribution is -0.0345. The van der Waals surface area contributed by atoms with Crippen molar-refractivity contribution < 1.29 is 13.2 Å². The van der Waals surface area contributed by atoms with Gasteiger partial charge in [0.15, 0.2) is 0 Å². The number of fused-ring (bicyclic) bond motifs is 1. The second-order valence-electron chi connectivity index (χ2n) is 7.37. The van der Waals surface area contributed by atoms with Crippen molar-refractivity contribution in [3.05, 3.63) is 23.5 Å². The van der Waals surface area contributed by atoms with Gasteiger partial charge in [-0.1, -0.05) is 11.6 Å². The van der Waals surface area contributed by atoms with E-state index in [-0.39, 0.29) is 6.04 Å². The van der Waals surface area contributed by atoms with Crippen molar-refractivity contribution in [3.8, 4) is 0 Å². The summed E-state index contributed by atoms with van der Waals surface area (Å²) in [6.07, 6.45) is 4.95. The molecule has 0 aromatic carbocycles. The summed E-state index contributed by atoms with van der Waals surface area (Å²) in [5, 5.41) is 0. The van der Waals surface area contributed by atoms with Crippen molar-refractivity contribution in [2.45, 2.75) is 24.2 Å². The van der Waals surface area contributed by atoms with Gasteiger partial charge in [0.25, 0.3) is 0 Å². The third kappa shape index (κ3) is 4.18. The second-order valence-corrected chi connectivity index (χ2v) is 10.9. The Bertz CT molecular complexity index is 907. The molecule has 0 aliphatic carbocycles. The Hall–Kier alpha value is -0.880. The molecule has 4 rings (SSSR count). The number of rotatable bonds is 5. The highest BCUT2D eigenvalue weighted by Gasteiger charge is 2.42. The van der Waals surface area contributed by atoms with Gasteiger partial charge in [0.05, 0.1) is 23.1 Å². The molecule has 3 atom stereocenters. The molecule has 0 bridgehead atoms. The fourth-order valence-electron chi connectivity index (χ4n) is 4.02. The number of alkyl halides is 1. The summed E-state index contributed by atoms with van der Waals surface area (Å²) in [6.45, 7) is 3.13. The predicted octanol–water partition coefficient (Wildman–Crippen LogP) is 1.55. The summed E-state index contributed by atoms with van der Waals surface area (Å²) >= 11 is 7.80. The Labute approximate surface area is 174 Å². The number of likely N-dealkylation sites (tertiary alicyclic amines) is 1. The minimum Gasteiger partial charge on any atom is -0.360 e. The van der Waals surface area contributed by atoms with E-state index in [1.165, 1.54) is 23.9 Å². The molecule has 4 heterocycles. The topological polar surface area (TPSA) is 78.9 Å².